The topological polar surface area (TPSA) is 56.0 Å². The molecule has 6 heteroatoms. The van der Waals surface area contributed by atoms with Crippen LogP contribution in [0.3, 0.4) is 0 Å². The van der Waals surface area contributed by atoms with Crippen molar-refractivity contribution in [3.8, 4) is 0 Å². The lowest BCUT2D eigenvalue weighted by Crippen LogP contribution is -2.09. The number of aldehydes is 1. The second-order valence-electron chi connectivity index (χ2n) is 2.51. The molecule has 14 heavy (non-hydrogen) atoms. The maximum atomic E-state index is 12.4. The van der Waals surface area contributed by atoms with Gasteiger partial charge in [0.05, 0.1) is 0 Å². The third kappa shape index (κ3) is 2.06. The average molecular weight is 312 g/mol. The minimum Gasteiger partial charge on any atom is -0.326 e. The van der Waals surface area contributed by atoms with Crippen LogP contribution in [0.15, 0.2) is 6.20 Å². The maximum absolute atomic E-state index is 12.4. The Morgan fingerprint density at radius 2 is 2.29 bits per heavy atom. The summed E-state index contributed by atoms with van der Waals surface area (Å²) in [5.41, 5.74) is 5.19. The standard InChI is InChI=1S/C8H7F2IN2O/c9-8(10)7-5(3-14)4(1-12)6(11)2-13-7/h2-3,8H,1,12H2. The number of alkyl halides is 2. The van der Waals surface area contributed by atoms with Crippen molar-refractivity contribution in [2.75, 3.05) is 0 Å². The summed E-state index contributed by atoms with van der Waals surface area (Å²) in [6.45, 7) is 0.0502. The Morgan fingerprint density at radius 3 is 2.71 bits per heavy atom. The van der Waals surface area contributed by atoms with Crippen LogP contribution in [-0.2, 0) is 6.54 Å². The van der Waals surface area contributed by atoms with Crippen LogP contribution in [0.2, 0.25) is 0 Å². The Morgan fingerprint density at radius 1 is 1.64 bits per heavy atom. The van der Waals surface area contributed by atoms with Crippen molar-refractivity contribution in [3.63, 3.8) is 0 Å². The molecule has 0 amide bonds. The van der Waals surface area contributed by atoms with Gasteiger partial charge in [-0.15, -0.1) is 0 Å². The fraction of sp³-hybridized carbons (Fsp3) is 0.250. The van der Waals surface area contributed by atoms with E-state index in [-0.39, 0.29) is 12.1 Å². The molecule has 3 nitrogen and oxygen atoms in total. The first-order valence-corrected chi connectivity index (χ1v) is 4.80. The largest absolute Gasteiger partial charge is 0.326 e. The molecule has 1 rings (SSSR count). The maximum Gasteiger partial charge on any atom is 0.281 e. The lowest BCUT2D eigenvalue weighted by atomic mass is 10.1. The number of nitrogens with zero attached hydrogens (tertiary/aromatic N) is 1. The molecule has 1 aromatic rings. The van der Waals surface area contributed by atoms with Crippen molar-refractivity contribution >= 4 is 28.9 Å². The van der Waals surface area contributed by atoms with Gasteiger partial charge in [0.2, 0.25) is 0 Å². The quantitative estimate of drug-likeness (QED) is 0.685. The molecule has 0 atom stereocenters. The van der Waals surface area contributed by atoms with Crippen LogP contribution < -0.4 is 5.73 Å². The van der Waals surface area contributed by atoms with Gasteiger partial charge in [0.1, 0.15) is 5.69 Å². The van der Waals surface area contributed by atoms with E-state index >= 15 is 0 Å². The second kappa shape index (κ2) is 4.74. The predicted molar refractivity (Wildman–Crippen MR) is 55.2 cm³/mol. The summed E-state index contributed by atoms with van der Waals surface area (Å²) in [5.74, 6) is 0. The van der Waals surface area contributed by atoms with E-state index in [2.05, 4.69) is 4.98 Å². The van der Waals surface area contributed by atoms with Crippen molar-refractivity contribution in [1.29, 1.82) is 0 Å². The molecular weight excluding hydrogens is 305 g/mol. The summed E-state index contributed by atoms with van der Waals surface area (Å²) >= 11 is 1.90. The highest BCUT2D eigenvalue weighted by Crippen LogP contribution is 2.24. The molecule has 0 bridgehead atoms. The SMILES string of the molecule is NCc1c(I)cnc(C(F)F)c1C=O. The van der Waals surface area contributed by atoms with Crippen LogP contribution in [0.5, 0.6) is 0 Å². The van der Waals surface area contributed by atoms with Crippen LogP contribution in [0.25, 0.3) is 0 Å². The number of rotatable bonds is 3. The molecule has 0 aliphatic rings. The monoisotopic (exact) mass is 312 g/mol. The summed E-state index contributed by atoms with van der Waals surface area (Å²) in [7, 11) is 0. The predicted octanol–water partition coefficient (Wildman–Crippen LogP) is 1.89. The fourth-order valence-electron chi connectivity index (χ4n) is 1.07. The van der Waals surface area contributed by atoms with Crippen molar-refractivity contribution in [1.82, 2.24) is 4.98 Å². The van der Waals surface area contributed by atoms with Crippen molar-refractivity contribution in [2.45, 2.75) is 13.0 Å². The van der Waals surface area contributed by atoms with Crippen molar-refractivity contribution in [2.24, 2.45) is 5.73 Å². The molecule has 0 saturated carbocycles. The first kappa shape index (κ1) is 11.4. The summed E-state index contributed by atoms with van der Waals surface area (Å²) in [6, 6.07) is 0. The van der Waals surface area contributed by atoms with Gasteiger partial charge in [-0.25, -0.2) is 8.78 Å². The molecule has 0 aromatic carbocycles. The highest BCUT2D eigenvalue weighted by Gasteiger charge is 2.18. The van der Waals surface area contributed by atoms with E-state index in [1.54, 1.807) is 0 Å². The highest BCUT2D eigenvalue weighted by atomic mass is 127. The molecule has 0 saturated heterocycles. The number of halogens is 3. The molecule has 0 unspecified atom stereocenters. The molecule has 2 N–H and O–H groups in total. The van der Waals surface area contributed by atoms with Gasteiger partial charge in [-0.1, -0.05) is 0 Å². The smallest absolute Gasteiger partial charge is 0.281 e. The fourth-order valence-corrected chi connectivity index (χ4v) is 1.72. The third-order valence-corrected chi connectivity index (χ3v) is 2.66. The summed E-state index contributed by atoms with van der Waals surface area (Å²) in [6.07, 6.45) is -1.09. The van der Waals surface area contributed by atoms with Crippen LogP contribution in [0.4, 0.5) is 8.78 Å². The first-order chi connectivity index (χ1) is 6.61. The van der Waals surface area contributed by atoms with Gasteiger partial charge in [-0.2, -0.15) is 0 Å². The number of pyridine rings is 1. The van der Waals surface area contributed by atoms with Crippen LogP contribution in [0.1, 0.15) is 28.0 Å². The first-order valence-electron chi connectivity index (χ1n) is 3.72. The number of hydrogen-bond donors (Lipinski definition) is 1. The number of carbonyl (C=O) groups excluding carboxylic acids is 1. The minimum atomic E-state index is -2.75. The van der Waals surface area contributed by atoms with Gasteiger partial charge in [-0.3, -0.25) is 9.78 Å². The normalized spacial score (nSPS) is 10.6. The summed E-state index contributed by atoms with van der Waals surface area (Å²) in [4.78, 5) is 14.1. The number of hydrogen-bond acceptors (Lipinski definition) is 3. The van der Waals surface area contributed by atoms with E-state index in [1.807, 2.05) is 22.6 Å². The third-order valence-electron chi connectivity index (χ3n) is 1.74. The van der Waals surface area contributed by atoms with Crippen LogP contribution in [0, 0.1) is 3.57 Å². The Labute approximate surface area is 92.8 Å². The summed E-state index contributed by atoms with van der Waals surface area (Å²) in [5, 5.41) is 0. The zero-order valence-electron chi connectivity index (χ0n) is 7.01. The van der Waals surface area contributed by atoms with Gasteiger partial charge in [0.15, 0.2) is 6.29 Å². The van der Waals surface area contributed by atoms with E-state index in [0.29, 0.717) is 15.4 Å². The zero-order valence-corrected chi connectivity index (χ0v) is 9.16. The van der Waals surface area contributed by atoms with Crippen LogP contribution in [-0.4, -0.2) is 11.3 Å². The molecule has 0 aliphatic carbocycles. The Balaban J connectivity index is 3.40. The van der Waals surface area contributed by atoms with E-state index in [4.69, 9.17) is 5.73 Å². The van der Waals surface area contributed by atoms with Crippen molar-refractivity contribution in [3.05, 3.63) is 26.6 Å². The average Bonchev–Trinajstić information content (AvgIpc) is 2.16. The molecule has 1 heterocycles. The van der Waals surface area contributed by atoms with Gasteiger partial charge in [0, 0.05) is 21.9 Å². The Hall–Kier alpha value is -0.630. The van der Waals surface area contributed by atoms with Gasteiger partial charge in [0.25, 0.3) is 6.43 Å². The highest BCUT2D eigenvalue weighted by molar-refractivity contribution is 14.1. The minimum absolute atomic E-state index is 0.0502. The Bertz CT molecular complexity index is 357. The van der Waals surface area contributed by atoms with Crippen LogP contribution >= 0.6 is 22.6 Å². The van der Waals surface area contributed by atoms with E-state index < -0.39 is 12.1 Å². The molecular formula is C8H7F2IN2O. The summed E-state index contributed by atoms with van der Waals surface area (Å²) < 4.78 is 25.4. The lowest BCUT2D eigenvalue weighted by molar-refractivity contribution is 0.110. The second-order valence-corrected chi connectivity index (χ2v) is 3.67. The molecule has 0 fully saturated rings. The number of nitrogens with two attached hydrogens (primary N) is 1. The van der Waals surface area contributed by atoms with E-state index in [9.17, 15) is 13.6 Å². The Kier molecular flexibility index (Phi) is 3.87. The molecule has 0 spiro atoms. The molecule has 76 valence electrons. The number of carbonyl (C=O) groups is 1. The van der Waals surface area contributed by atoms with Gasteiger partial charge < -0.3 is 5.73 Å². The molecule has 0 radical (unpaired) electrons. The molecule has 1 aromatic heterocycles. The van der Waals surface area contributed by atoms with Crippen molar-refractivity contribution < 1.29 is 13.6 Å². The van der Waals surface area contributed by atoms with E-state index in [1.165, 1.54) is 6.20 Å². The van der Waals surface area contributed by atoms with Gasteiger partial charge >= 0.3 is 0 Å². The van der Waals surface area contributed by atoms with E-state index in [0.717, 1.165) is 0 Å². The zero-order chi connectivity index (χ0) is 10.7. The number of aromatic nitrogens is 1. The lowest BCUT2D eigenvalue weighted by Gasteiger charge is -2.08. The molecule has 0 aliphatic heterocycles. The van der Waals surface area contributed by atoms with Gasteiger partial charge in [-0.05, 0) is 28.2 Å².